The van der Waals surface area contributed by atoms with E-state index in [0.29, 0.717) is 16.0 Å². The van der Waals surface area contributed by atoms with Crippen LogP contribution < -0.4 is 0 Å². The van der Waals surface area contributed by atoms with E-state index in [1.54, 1.807) is 6.07 Å². The van der Waals surface area contributed by atoms with Crippen LogP contribution in [0, 0.1) is 0 Å². The molecule has 90 valence electrons. The fourth-order valence-corrected chi connectivity index (χ4v) is 2.53. The van der Waals surface area contributed by atoms with Crippen molar-refractivity contribution in [3.05, 3.63) is 33.4 Å². The van der Waals surface area contributed by atoms with Crippen molar-refractivity contribution in [3.63, 3.8) is 0 Å². The molecule has 0 aliphatic rings. The van der Waals surface area contributed by atoms with Crippen molar-refractivity contribution < 1.29 is 0 Å². The lowest BCUT2D eigenvalue weighted by Crippen LogP contribution is -2.14. The predicted octanol–water partition coefficient (Wildman–Crippen LogP) is 4.81. The summed E-state index contributed by atoms with van der Waals surface area (Å²) >= 11 is 13.5. The molecule has 0 radical (unpaired) electrons. The molecule has 0 saturated heterocycles. The molecular formula is C12H12Cl2N2S. The van der Waals surface area contributed by atoms with Gasteiger partial charge in [0.1, 0.15) is 5.15 Å². The minimum atomic E-state index is -0.0532. The van der Waals surface area contributed by atoms with Crippen molar-refractivity contribution in [1.29, 1.82) is 0 Å². The van der Waals surface area contributed by atoms with Gasteiger partial charge < -0.3 is 0 Å². The highest BCUT2D eigenvalue weighted by atomic mass is 35.5. The molecule has 0 atom stereocenters. The Hall–Kier alpha value is -0.640. The first-order valence-corrected chi connectivity index (χ1v) is 6.79. The lowest BCUT2D eigenvalue weighted by atomic mass is 9.92. The van der Waals surface area contributed by atoms with E-state index in [9.17, 15) is 0 Å². The molecule has 2 rings (SSSR count). The quantitative estimate of drug-likeness (QED) is 0.703. The first-order chi connectivity index (χ1) is 7.86. The number of thiophene rings is 1. The number of nitrogens with zero attached hydrogens (tertiary/aromatic N) is 2. The Morgan fingerprint density at radius 2 is 1.82 bits per heavy atom. The van der Waals surface area contributed by atoms with Crippen LogP contribution in [0.3, 0.4) is 0 Å². The molecule has 0 aliphatic carbocycles. The van der Waals surface area contributed by atoms with Gasteiger partial charge >= 0.3 is 0 Å². The zero-order valence-electron chi connectivity index (χ0n) is 9.79. The topological polar surface area (TPSA) is 25.8 Å². The lowest BCUT2D eigenvalue weighted by molar-refractivity contribution is 0.568. The van der Waals surface area contributed by atoms with Crippen LogP contribution in [0.2, 0.25) is 10.2 Å². The minimum absolute atomic E-state index is 0.0532. The van der Waals surface area contributed by atoms with Crippen molar-refractivity contribution in [2.24, 2.45) is 0 Å². The van der Waals surface area contributed by atoms with Gasteiger partial charge in [-0.15, -0.1) is 11.3 Å². The van der Waals surface area contributed by atoms with Gasteiger partial charge in [0, 0.05) is 10.8 Å². The van der Waals surface area contributed by atoms with Crippen LogP contribution in [-0.2, 0) is 5.41 Å². The fourth-order valence-electron chi connectivity index (χ4n) is 1.34. The van der Waals surface area contributed by atoms with Gasteiger partial charge in [0.15, 0.2) is 5.82 Å². The summed E-state index contributed by atoms with van der Waals surface area (Å²) < 4.78 is 0. The van der Waals surface area contributed by atoms with Crippen molar-refractivity contribution in [3.8, 4) is 10.7 Å². The summed E-state index contributed by atoms with van der Waals surface area (Å²) in [4.78, 5) is 9.72. The Morgan fingerprint density at radius 1 is 1.12 bits per heavy atom. The van der Waals surface area contributed by atoms with Crippen LogP contribution in [-0.4, -0.2) is 9.97 Å². The molecule has 5 heteroatoms. The van der Waals surface area contributed by atoms with Crippen LogP contribution in [0.5, 0.6) is 0 Å². The molecule has 2 nitrogen and oxygen atoms in total. The van der Waals surface area contributed by atoms with Crippen LogP contribution >= 0.6 is 34.5 Å². The first-order valence-electron chi connectivity index (χ1n) is 5.16. The minimum Gasteiger partial charge on any atom is -0.232 e. The SMILES string of the molecule is CC(C)(C)c1cc(Cl)nc(-c2cc(Cl)cs2)n1. The molecule has 17 heavy (non-hydrogen) atoms. The van der Waals surface area contributed by atoms with Crippen molar-refractivity contribution >= 4 is 34.5 Å². The van der Waals surface area contributed by atoms with Gasteiger partial charge in [0.2, 0.25) is 0 Å². The van der Waals surface area contributed by atoms with E-state index in [4.69, 9.17) is 23.2 Å². The number of rotatable bonds is 1. The van der Waals surface area contributed by atoms with Crippen LogP contribution in [0.15, 0.2) is 17.5 Å². The third-order valence-corrected chi connectivity index (χ3v) is 3.72. The van der Waals surface area contributed by atoms with Gasteiger partial charge in [0.25, 0.3) is 0 Å². The molecule has 0 spiro atoms. The molecule has 0 aliphatic heterocycles. The molecule has 2 heterocycles. The summed E-state index contributed by atoms with van der Waals surface area (Å²) in [5.41, 5.74) is 0.875. The van der Waals surface area contributed by atoms with Gasteiger partial charge in [-0.3, -0.25) is 0 Å². The van der Waals surface area contributed by atoms with Crippen LogP contribution in [0.4, 0.5) is 0 Å². The van der Waals surface area contributed by atoms with E-state index in [1.807, 2.05) is 11.4 Å². The van der Waals surface area contributed by atoms with E-state index in [-0.39, 0.29) is 5.41 Å². The van der Waals surface area contributed by atoms with E-state index in [0.717, 1.165) is 10.6 Å². The first kappa shape index (κ1) is 12.8. The average Bonchev–Trinajstić information content (AvgIpc) is 2.62. The number of hydrogen-bond donors (Lipinski definition) is 0. The van der Waals surface area contributed by atoms with Crippen molar-refractivity contribution in [1.82, 2.24) is 9.97 Å². The third kappa shape index (κ3) is 2.97. The van der Waals surface area contributed by atoms with E-state index in [2.05, 4.69) is 30.7 Å². The van der Waals surface area contributed by atoms with Gasteiger partial charge in [0.05, 0.1) is 15.6 Å². The highest BCUT2D eigenvalue weighted by Crippen LogP contribution is 2.30. The van der Waals surface area contributed by atoms with Gasteiger partial charge in [-0.2, -0.15) is 0 Å². The zero-order chi connectivity index (χ0) is 12.6. The second kappa shape index (κ2) is 4.56. The van der Waals surface area contributed by atoms with E-state index < -0.39 is 0 Å². The summed E-state index contributed by atoms with van der Waals surface area (Å²) in [6.07, 6.45) is 0. The summed E-state index contributed by atoms with van der Waals surface area (Å²) in [5.74, 6) is 0.638. The predicted molar refractivity (Wildman–Crippen MR) is 74.1 cm³/mol. The Bertz CT molecular complexity index is 544. The highest BCUT2D eigenvalue weighted by molar-refractivity contribution is 7.14. The summed E-state index contributed by atoms with van der Waals surface area (Å²) in [7, 11) is 0. The Morgan fingerprint density at radius 3 is 2.35 bits per heavy atom. The monoisotopic (exact) mass is 286 g/mol. The Kier molecular flexibility index (Phi) is 3.43. The van der Waals surface area contributed by atoms with E-state index in [1.165, 1.54) is 11.3 Å². The maximum absolute atomic E-state index is 6.03. The standard InChI is InChI=1S/C12H12Cl2N2S/c1-12(2,3)9-5-10(14)16-11(15-9)8-4-7(13)6-17-8/h4-6H,1-3H3. The zero-order valence-corrected chi connectivity index (χ0v) is 12.1. The molecule has 0 aromatic carbocycles. The Balaban J connectivity index is 2.52. The van der Waals surface area contributed by atoms with Crippen LogP contribution in [0.1, 0.15) is 26.5 Å². The second-order valence-corrected chi connectivity index (χ2v) is 6.51. The number of aromatic nitrogens is 2. The summed E-state index contributed by atoms with van der Waals surface area (Å²) in [6.45, 7) is 6.28. The van der Waals surface area contributed by atoms with Crippen molar-refractivity contribution in [2.45, 2.75) is 26.2 Å². The maximum atomic E-state index is 6.03. The third-order valence-electron chi connectivity index (χ3n) is 2.25. The van der Waals surface area contributed by atoms with Crippen molar-refractivity contribution in [2.75, 3.05) is 0 Å². The summed E-state index contributed by atoms with van der Waals surface area (Å²) in [5, 5.41) is 3.02. The lowest BCUT2D eigenvalue weighted by Gasteiger charge is -2.18. The molecule has 2 aromatic heterocycles. The molecule has 0 amide bonds. The molecule has 0 fully saturated rings. The largest absolute Gasteiger partial charge is 0.232 e. The molecular weight excluding hydrogens is 275 g/mol. The number of halogens is 2. The van der Waals surface area contributed by atoms with Crippen LogP contribution in [0.25, 0.3) is 10.7 Å². The highest BCUT2D eigenvalue weighted by Gasteiger charge is 2.18. The smallest absolute Gasteiger partial charge is 0.171 e. The van der Waals surface area contributed by atoms with Gasteiger partial charge in [-0.25, -0.2) is 9.97 Å². The average molecular weight is 287 g/mol. The molecule has 0 saturated carbocycles. The molecule has 2 aromatic rings. The molecule has 0 N–H and O–H groups in total. The maximum Gasteiger partial charge on any atom is 0.171 e. The fraction of sp³-hybridized carbons (Fsp3) is 0.333. The van der Waals surface area contributed by atoms with Gasteiger partial charge in [-0.05, 0) is 12.1 Å². The van der Waals surface area contributed by atoms with E-state index >= 15 is 0 Å². The normalized spacial score (nSPS) is 11.8. The number of hydrogen-bond acceptors (Lipinski definition) is 3. The molecule has 0 unspecified atom stereocenters. The second-order valence-electron chi connectivity index (χ2n) is 4.78. The van der Waals surface area contributed by atoms with Gasteiger partial charge in [-0.1, -0.05) is 44.0 Å². The summed E-state index contributed by atoms with van der Waals surface area (Å²) in [6, 6.07) is 3.66. The Labute approximate surface area is 115 Å². The molecule has 0 bridgehead atoms.